The van der Waals surface area contributed by atoms with Crippen LogP contribution in [0.2, 0.25) is 0 Å². The fourth-order valence-corrected chi connectivity index (χ4v) is 5.83. The highest BCUT2D eigenvalue weighted by atomic mass is 19.1. The minimum absolute atomic E-state index is 0.0976. The molecular formula is C29H37F2N3O3. The number of ether oxygens (including phenoxy) is 2. The molecule has 0 unspecified atom stereocenters. The number of nitrogens with zero attached hydrogens (tertiary/aromatic N) is 3. The van der Waals surface area contributed by atoms with Crippen molar-refractivity contribution in [3.63, 3.8) is 0 Å². The van der Waals surface area contributed by atoms with Gasteiger partial charge in [-0.2, -0.15) is 0 Å². The minimum atomic E-state index is -0.730. The van der Waals surface area contributed by atoms with Crippen LogP contribution in [-0.2, 0) is 9.53 Å². The predicted octanol–water partition coefficient (Wildman–Crippen LogP) is 4.87. The van der Waals surface area contributed by atoms with E-state index in [2.05, 4.69) is 28.9 Å². The SMILES string of the molecule is C[C@H]1CCCN(CCCOc2ccc(N3CCC4(CC3)CN(c3ccc(F)cc3F)C(=O)CO4)cc2)C1. The van der Waals surface area contributed by atoms with Crippen molar-refractivity contribution < 1.29 is 23.0 Å². The van der Waals surface area contributed by atoms with Gasteiger partial charge in [0.25, 0.3) is 5.91 Å². The van der Waals surface area contributed by atoms with E-state index < -0.39 is 17.2 Å². The summed E-state index contributed by atoms with van der Waals surface area (Å²) in [4.78, 5) is 18.7. The minimum Gasteiger partial charge on any atom is -0.494 e. The molecule has 6 nitrogen and oxygen atoms in total. The first kappa shape index (κ1) is 25.9. The quantitative estimate of drug-likeness (QED) is 0.495. The second-order valence-electron chi connectivity index (χ2n) is 10.8. The lowest BCUT2D eigenvalue weighted by atomic mass is 9.88. The molecule has 3 saturated heterocycles. The van der Waals surface area contributed by atoms with Gasteiger partial charge in [-0.25, -0.2) is 8.78 Å². The summed E-state index contributed by atoms with van der Waals surface area (Å²) >= 11 is 0. The summed E-state index contributed by atoms with van der Waals surface area (Å²) < 4.78 is 39.7. The van der Waals surface area contributed by atoms with E-state index in [-0.39, 0.29) is 24.7 Å². The Hall–Kier alpha value is -2.71. The highest BCUT2D eigenvalue weighted by molar-refractivity contribution is 5.95. The number of rotatable bonds is 7. The number of amides is 1. The van der Waals surface area contributed by atoms with Gasteiger partial charge in [0.1, 0.15) is 24.0 Å². The van der Waals surface area contributed by atoms with Crippen LogP contribution in [0.15, 0.2) is 42.5 Å². The first-order valence-electron chi connectivity index (χ1n) is 13.5. The molecule has 0 N–H and O–H groups in total. The van der Waals surface area contributed by atoms with Crippen molar-refractivity contribution >= 4 is 17.3 Å². The van der Waals surface area contributed by atoms with Gasteiger partial charge < -0.3 is 24.2 Å². The number of likely N-dealkylation sites (tertiary alicyclic amines) is 1. The van der Waals surface area contributed by atoms with E-state index >= 15 is 0 Å². The molecule has 8 heteroatoms. The molecule has 3 fully saturated rings. The van der Waals surface area contributed by atoms with Gasteiger partial charge in [-0.1, -0.05) is 6.92 Å². The molecule has 3 aliphatic heterocycles. The van der Waals surface area contributed by atoms with Gasteiger partial charge in [-0.05, 0) is 81.0 Å². The van der Waals surface area contributed by atoms with Gasteiger partial charge in [-0.15, -0.1) is 0 Å². The third kappa shape index (κ3) is 6.24. The molecule has 3 aliphatic rings. The maximum atomic E-state index is 14.4. The van der Waals surface area contributed by atoms with Crippen molar-refractivity contribution in [1.82, 2.24) is 4.90 Å². The third-order valence-electron chi connectivity index (χ3n) is 7.95. The highest BCUT2D eigenvalue weighted by Gasteiger charge is 2.43. The van der Waals surface area contributed by atoms with Crippen LogP contribution in [0.1, 0.15) is 39.0 Å². The average Bonchev–Trinajstić information content (AvgIpc) is 2.89. The van der Waals surface area contributed by atoms with Gasteiger partial charge in [0.05, 0.1) is 24.4 Å². The van der Waals surface area contributed by atoms with Crippen LogP contribution in [0.3, 0.4) is 0 Å². The fraction of sp³-hybridized carbons (Fsp3) is 0.552. The average molecular weight is 514 g/mol. The zero-order chi connectivity index (χ0) is 25.8. The number of halogens is 2. The molecule has 2 aromatic rings. The lowest BCUT2D eigenvalue weighted by molar-refractivity contribution is -0.141. The van der Waals surface area contributed by atoms with Gasteiger partial charge in [0, 0.05) is 37.9 Å². The summed E-state index contributed by atoms with van der Waals surface area (Å²) in [6.45, 7) is 8.26. The number of anilines is 2. The smallest absolute Gasteiger partial charge is 0.253 e. The number of carbonyl (C=O) groups is 1. The summed E-state index contributed by atoms with van der Waals surface area (Å²) in [5.74, 6) is -0.00879. The Morgan fingerprint density at radius 1 is 1.08 bits per heavy atom. The largest absolute Gasteiger partial charge is 0.494 e. The molecule has 0 bridgehead atoms. The van der Waals surface area contributed by atoms with Gasteiger partial charge >= 0.3 is 0 Å². The van der Waals surface area contributed by atoms with E-state index in [0.717, 1.165) is 56.1 Å². The second kappa shape index (κ2) is 11.4. The molecule has 37 heavy (non-hydrogen) atoms. The van der Waals surface area contributed by atoms with Crippen LogP contribution < -0.4 is 14.5 Å². The van der Waals surface area contributed by atoms with Crippen LogP contribution in [0.5, 0.6) is 5.75 Å². The molecular weight excluding hydrogens is 476 g/mol. The van der Waals surface area contributed by atoms with Gasteiger partial charge in [0.15, 0.2) is 0 Å². The van der Waals surface area contributed by atoms with Crippen molar-refractivity contribution in [2.24, 2.45) is 5.92 Å². The zero-order valence-electron chi connectivity index (χ0n) is 21.6. The van der Waals surface area contributed by atoms with Crippen molar-refractivity contribution in [3.05, 3.63) is 54.1 Å². The van der Waals surface area contributed by atoms with E-state index in [1.54, 1.807) is 0 Å². The Bertz CT molecular complexity index is 1070. The van der Waals surface area contributed by atoms with Crippen LogP contribution in [0.25, 0.3) is 0 Å². The van der Waals surface area contributed by atoms with Gasteiger partial charge in [-0.3, -0.25) is 4.79 Å². The van der Waals surface area contributed by atoms with Crippen LogP contribution in [0, 0.1) is 17.6 Å². The van der Waals surface area contributed by atoms with E-state index in [4.69, 9.17) is 9.47 Å². The molecule has 0 aromatic heterocycles. The van der Waals surface area contributed by atoms with Crippen molar-refractivity contribution in [3.8, 4) is 5.75 Å². The summed E-state index contributed by atoms with van der Waals surface area (Å²) in [6.07, 6.45) is 5.11. The van der Waals surface area contributed by atoms with E-state index in [1.165, 1.54) is 43.0 Å². The normalized spacial score (nSPS) is 22.5. The number of hydrogen-bond donors (Lipinski definition) is 0. The highest BCUT2D eigenvalue weighted by Crippen LogP contribution is 2.35. The van der Waals surface area contributed by atoms with Crippen LogP contribution >= 0.6 is 0 Å². The molecule has 0 saturated carbocycles. The number of benzene rings is 2. The van der Waals surface area contributed by atoms with E-state index in [1.807, 2.05) is 12.1 Å². The molecule has 1 amide bonds. The maximum absolute atomic E-state index is 14.4. The topological polar surface area (TPSA) is 45.2 Å². The zero-order valence-corrected chi connectivity index (χ0v) is 21.6. The number of piperidine rings is 2. The summed E-state index contributed by atoms with van der Waals surface area (Å²) in [7, 11) is 0. The Kier molecular flexibility index (Phi) is 7.95. The standard InChI is InChI=1S/C29H37F2N3O3/c1-22-4-2-13-32(19-22)14-3-17-36-25-8-6-24(7-9-25)33-15-11-29(12-16-33)21-34(28(35)20-37-29)27-10-5-23(30)18-26(27)31/h5-10,18,22H,2-4,11-17,19-21H2,1H3/t22-/m0/s1. The van der Waals surface area contributed by atoms with E-state index in [9.17, 15) is 13.6 Å². The number of morpholine rings is 1. The predicted molar refractivity (Wildman–Crippen MR) is 140 cm³/mol. The van der Waals surface area contributed by atoms with Crippen LogP contribution in [0.4, 0.5) is 20.2 Å². The summed E-state index contributed by atoms with van der Waals surface area (Å²) in [5, 5.41) is 0. The molecule has 0 aliphatic carbocycles. The molecule has 1 atom stereocenters. The maximum Gasteiger partial charge on any atom is 0.253 e. The molecule has 3 heterocycles. The summed E-state index contributed by atoms with van der Waals surface area (Å²) in [5.41, 5.74) is 0.705. The first-order valence-corrected chi connectivity index (χ1v) is 13.5. The Morgan fingerprint density at radius 3 is 2.59 bits per heavy atom. The van der Waals surface area contributed by atoms with Gasteiger partial charge in [0.2, 0.25) is 0 Å². The Labute approximate surface area is 218 Å². The number of hydrogen-bond acceptors (Lipinski definition) is 5. The molecule has 200 valence electrons. The Morgan fingerprint density at radius 2 is 1.86 bits per heavy atom. The lowest BCUT2D eigenvalue weighted by Gasteiger charge is -2.47. The third-order valence-corrected chi connectivity index (χ3v) is 7.95. The Balaban J connectivity index is 1.11. The molecule has 0 radical (unpaired) electrons. The van der Waals surface area contributed by atoms with Crippen molar-refractivity contribution in [1.29, 1.82) is 0 Å². The first-order chi connectivity index (χ1) is 17.9. The van der Waals surface area contributed by atoms with Crippen molar-refractivity contribution in [2.45, 2.75) is 44.6 Å². The lowest BCUT2D eigenvalue weighted by Crippen LogP contribution is -2.59. The summed E-state index contributed by atoms with van der Waals surface area (Å²) in [6, 6.07) is 11.6. The van der Waals surface area contributed by atoms with E-state index in [0.29, 0.717) is 12.8 Å². The monoisotopic (exact) mass is 513 g/mol. The second-order valence-corrected chi connectivity index (χ2v) is 10.8. The number of carbonyl (C=O) groups excluding carboxylic acids is 1. The fourth-order valence-electron chi connectivity index (χ4n) is 5.83. The molecule has 2 aromatic carbocycles. The van der Waals surface area contributed by atoms with Crippen molar-refractivity contribution in [2.75, 3.05) is 62.3 Å². The van der Waals surface area contributed by atoms with Crippen LogP contribution in [-0.4, -0.2) is 68.9 Å². The molecule has 1 spiro atoms. The molecule has 5 rings (SSSR count).